The number of piperidine rings is 1. The minimum absolute atomic E-state index is 0. The van der Waals surface area contributed by atoms with E-state index in [2.05, 4.69) is 37.8 Å². The number of carbonyl (C=O) groups excluding carboxylic acids is 1. The quantitative estimate of drug-likeness (QED) is 0.318. The van der Waals surface area contributed by atoms with Crippen molar-refractivity contribution in [1.82, 2.24) is 20.5 Å². The topological polar surface area (TPSA) is 72.9 Å². The fourth-order valence-electron chi connectivity index (χ4n) is 4.35. The Kier molecular flexibility index (Phi) is 9.30. The summed E-state index contributed by atoms with van der Waals surface area (Å²) < 4.78 is 0. The van der Waals surface area contributed by atoms with Crippen molar-refractivity contribution < 1.29 is 4.79 Å². The number of thiazole rings is 1. The number of aryl methyl sites for hydroxylation is 1. The molecule has 0 bridgehead atoms. The van der Waals surface area contributed by atoms with E-state index >= 15 is 0 Å². The Morgan fingerprint density at radius 3 is 2.66 bits per heavy atom. The summed E-state index contributed by atoms with van der Waals surface area (Å²) in [5.41, 5.74) is 2.15. The number of benzene rings is 1. The van der Waals surface area contributed by atoms with Gasteiger partial charge in [0.25, 0.3) is 0 Å². The van der Waals surface area contributed by atoms with Gasteiger partial charge in [-0.1, -0.05) is 18.2 Å². The first kappa shape index (κ1) is 24.9. The summed E-state index contributed by atoms with van der Waals surface area (Å²) in [6, 6.07) is 9.93. The van der Waals surface area contributed by atoms with Crippen LogP contribution in [-0.2, 0) is 11.3 Å². The van der Waals surface area contributed by atoms with E-state index in [-0.39, 0.29) is 35.9 Å². The van der Waals surface area contributed by atoms with Crippen molar-refractivity contribution in [2.24, 2.45) is 10.9 Å². The van der Waals surface area contributed by atoms with Gasteiger partial charge in [-0.2, -0.15) is 0 Å². The highest BCUT2D eigenvalue weighted by Crippen LogP contribution is 2.21. The average Bonchev–Trinajstić information content (AvgIpc) is 3.37. The average molecular weight is 569 g/mol. The van der Waals surface area contributed by atoms with Crippen LogP contribution in [0.4, 0.5) is 5.69 Å². The number of nitrogens with one attached hydrogen (secondary N) is 2. The lowest BCUT2D eigenvalue weighted by Crippen LogP contribution is -2.47. The van der Waals surface area contributed by atoms with E-state index in [0.717, 1.165) is 42.8 Å². The van der Waals surface area contributed by atoms with Crippen LogP contribution in [0.1, 0.15) is 30.0 Å². The number of hydrogen-bond acceptors (Lipinski definition) is 5. The monoisotopic (exact) mass is 568 g/mol. The predicted molar refractivity (Wildman–Crippen MR) is 142 cm³/mol. The van der Waals surface area contributed by atoms with Crippen molar-refractivity contribution in [1.29, 1.82) is 0 Å². The Hall–Kier alpha value is -1.72. The van der Waals surface area contributed by atoms with Crippen molar-refractivity contribution in [2.75, 3.05) is 38.1 Å². The number of halogens is 1. The zero-order valence-corrected chi connectivity index (χ0v) is 21.9. The smallest absolute Gasteiger partial charge is 0.229 e. The molecule has 0 saturated carbocycles. The standard InChI is InChI=1S/C23H32N6OS.HI/c1-17-26-20(16-31-17)14-28-10-8-18(9-11-28)13-25-23(24-2)27-19-12-22(30)29(15-19)21-6-4-3-5-7-21;/h3-7,16,18-19H,8-15H2,1-2H3,(H2,24,25,27);1H. The second-order valence-electron chi connectivity index (χ2n) is 8.42. The number of para-hydroxylation sites is 1. The number of likely N-dealkylation sites (tertiary alicyclic amines) is 1. The predicted octanol–water partition coefficient (Wildman–Crippen LogP) is 3.25. The minimum Gasteiger partial charge on any atom is -0.356 e. The number of rotatable bonds is 6. The summed E-state index contributed by atoms with van der Waals surface area (Å²) >= 11 is 1.73. The number of aliphatic imine (C=N–C) groups is 1. The maximum Gasteiger partial charge on any atom is 0.229 e. The van der Waals surface area contributed by atoms with Gasteiger partial charge < -0.3 is 15.5 Å². The minimum atomic E-state index is 0. The third kappa shape index (κ3) is 6.64. The molecule has 1 aromatic carbocycles. The molecule has 4 rings (SSSR count). The Morgan fingerprint density at radius 1 is 1.25 bits per heavy atom. The van der Waals surface area contributed by atoms with Crippen molar-refractivity contribution in [3.8, 4) is 0 Å². The van der Waals surface area contributed by atoms with Crippen molar-refractivity contribution in [2.45, 2.75) is 38.8 Å². The largest absolute Gasteiger partial charge is 0.356 e. The van der Waals surface area contributed by atoms with Gasteiger partial charge in [-0.25, -0.2) is 4.98 Å². The molecule has 2 aliphatic rings. The molecule has 2 aliphatic heterocycles. The van der Waals surface area contributed by atoms with Crippen molar-refractivity contribution in [3.05, 3.63) is 46.4 Å². The Morgan fingerprint density at radius 2 is 2.00 bits per heavy atom. The second-order valence-corrected chi connectivity index (χ2v) is 9.48. The number of amides is 1. The highest BCUT2D eigenvalue weighted by Gasteiger charge is 2.31. The van der Waals surface area contributed by atoms with E-state index in [1.807, 2.05) is 35.2 Å². The Balaban J connectivity index is 0.00000289. The molecular formula is C23H33IN6OS. The molecule has 174 valence electrons. The number of hydrogen-bond donors (Lipinski definition) is 2. The molecule has 1 amide bonds. The summed E-state index contributed by atoms with van der Waals surface area (Å²) in [6.07, 6.45) is 2.84. The van der Waals surface area contributed by atoms with Gasteiger partial charge in [-0.3, -0.25) is 14.7 Å². The van der Waals surface area contributed by atoms with E-state index < -0.39 is 0 Å². The van der Waals surface area contributed by atoms with E-state index in [0.29, 0.717) is 18.9 Å². The maximum atomic E-state index is 12.4. The SMILES string of the molecule is CN=C(NCC1CCN(Cc2csc(C)n2)CC1)NC1CC(=O)N(c2ccccc2)C1.I. The van der Waals surface area contributed by atoms with Crippen LogP contribution in [-0.4, -0.2) is 61.0 Å². The van der Waals surface area contributed by atoms with Crippen LogP contribution in [0.25, 0.3) is 0 Å². The first-order chi connectivity index (χ1) is 15.1. The molecule has 9 heteroatoms. The third-order valence-corrected chi connectivity index (χ3v) is 6.90. The summed E-state index contributed by atoms with van der Waals surface area (Å²) in [7, 11) is 1.79. The van der Waals surface area contributed by atoms with Gasteiger partial charge in [0.2, 0.25) is 5.91 Å². The van der Waals surface area contributed by atoms with Crippen LogP contribution >= 0.6 is 35.3 Å². The number of aromatic nitrogens is 1. The first-order valence-corrected chi connectivity index (χ1v) is 11.9. The molecule has 1 atom stereocenters. The number of anilines is 1. The fourth-order valence-corrected chi connectivity index (χ4v) is 4.95. The number of carbonyl (C=O) groups is 1. The summed E-state index contributed by atoms with van der Waals surface area (Å²) in [6.45, 7) is 6.82. The second kappa shape index (κ2) is 11.9. The third-order valence-electron chi connectivity index (χ3n) is 6.07. The molecule has 1 unspecified atom stereocenters. The van der Waals surface area contributed by atoms with E-state index in [9.17, 15) is 4.79 Å². The van der Waals surface area contributed by atoms with Gasteiger partial charge >= 0.3 is 0 Å². The highest BCUT2D eigenvalue weighted by atomic mass is 127. The molecule has 0 spiro atoms. The van der Waals surface area contributed by atoms with Crippen molar-refractivity contribution in [3.63, 3.8) is 0 Å². The molecule has 2 aromatic rings. The van der Waals surface area contributed by atoms with E-state index in [1.54, 1.807) is 18.4 Å². The van der Waals surface area contributed by atoms with Gasteiger partial charge in [0.1, 0.15) is 0 Å². The van der Waals surface area contributed by atoms with Gasteiger partial charge in [0.15, 0.2) is 5.96 Å². The molecule has 2 fully saturated rings. The molecular weight excluding hydrogens is 535 g/mol. The molecule has 0 radical (unpaired) electrons. The van der Waals surface area contributed by atoms with Crippen LogP contribution in [0, 0.1) is 12.8 Å². The number of guanidine groups is 1. The number of nitrogens with zero attached hydrogens (tertiary/aromatic N) is 4. The van der Waals surface area contributed by atoms with Crippen LogP contribution < -0.4 is 15.5 Å². The molecule has 32 heavy (non-hydrogen) atoms. The van der Waals surface area contributed by atoms with Crippen LogP contribution in [0.15, 0.2) is 40.7 Å². The Bertz CT molecular complexity index is 897. The lowest BCUT2D eigenvalue weighted by atomic mass is 9.97. The maximum absolute atomic E-state index is 12.4. The van der Waals surface area contributed by atoms with Gasteiger partial charge in [-0.05, 0) is 50.9 Å². The lowest BCUT2D eigenvalue weighted by molar-refractivity contribution is -0.117. The molecule has 2 saturated heterocycles. The normalized spacial score (nSPS) is 20.3. The zero-order chi connectivity index (χ0) is 21.6. The van der Waals surface area contributed by atoms with Crippen LogP contribution in [0.3, 0.4) is 0 Å². The summed E-state index contributed by atoms with van der Waals surface area (Å²) in [4.78, 5) is 25.8. The molecule has 1 aromatic heterocycles. The van der Waals surface area contributed by atoms with E-state index in [1.165, 1.54) is 18.5 Å². The van der Waals surface area contributed by atoms with Gasteiger partial charge in [0.05, 0.1) is 16.7 Å². The highest BCUT2D eigenvalue weighted by molar-refractivity contribution is 14.0. The van der Waals surface area contributed by atoms with Crippen LogP contribution in [0.2, 0.25) is 0 Å². The van der Waals surface area contributed by atoms with Crippen molar-refractivity contribution >= 4 is 52.9 Å². The molecule has 0 aliphatic carbocycles. The lowest BCUT2D eigenvalue weighted by Gasteiger charge is -2.32. The summed E-state index contributed by atoms with van der Waals surface area (Å²) in [5.74, 6) is 1.58. The summed E-state index contributed by atoms with van der Waals surface area (Å²) in [5, 5.41) is 10.2. The van der Waals surface area contributed by atoms with Gasteiger partial charge in [0, 0.05) is 44.2 Å². The van der Waals surface area contributed by atoms with E-state index in [4.69, 9.17) is 0 Å². The molecule has 2 N–H and O–H groups in total. The zero-order valence-electron chi connectivity index (χ0n) is 18.8. The fraction of sp³-hybridized carbons (Fsp3) is 0.522. The van der Waals surface area contributed by atoms with Gasteiger partial charge in [-0.15, -0.1) is 35.3 Å². The molecule has 3 heterocycles. The Labute approximate surface area is 211 Å². The molecule has 7 nitrogen and oxygen atoms in total. The first-order valence-electron chi connectivity index (χ1n) is 11.1. The van der Waals surface area contributed by atoms with Crippen LogP contribution in [0.5, 0.6) is 0 Å².